The molecule has 2 N–H and O–H groups in total. The van der Waals surface area contributed by atoms with Gasteiger partial charge in [0.05, 0.1) is 23.3 Å². The Bertz CT molecular complexity index is 911. The number of thiazole rings is 1. The zero-order valence-electron chi connectivity index (χ0n) is 14.0. The summed E-state index contributed by atoms with van der Waals surface area (Å²) in [5.41, 5.74) is 1.47. The molecular formula is C18H17ClN4O2S. The highest BCUT2D eigenvalue weighted by atomic mass is 35.5. The van der Waals surface area contributed by atoms with Crippen molar-refractivity contribution in [2.24, 2.45) is 0 Å². The zero-order valence-corrected chi connectivity index (χ0v) is 15.6. The van der Waals surface area contributed by atoms with Crippen LogP contribution >= 0.6 is 22.9 Å². The minimum Gasteiger partial charge on any atom is -0.325 e. The van der Waals surface area contributed by atoms with Gasteiger partial charge in [-0.15, -0.1) is 0 Å². The number of amides is 2. The van der Waals surface area contributed by atoms with E-state index in [1.54, 1.807) is 36.2 Å². The summed E-state index contributed by atoms with van der Waals surface area (Å²) >= 11 is 7.31. The fourth-order valence-corrected chi connectivity index (χ4v) is 3.47. The van der Waals surface area contributed by atoms with Gasteiger partial charge in [-0.2, -0.15) is 0 Å². The average Bonchev–Trinajstić information content (AvgIpc) is 2.96. The van der Waals surface area contributed by atoms with E-state index in [4.69, 9.17) is 11.6 Å². The molecule has 26 heavy (non-hydrogen) atoms. The summed E-state index contributed by atoms with van der Waals surface area (Å²) in [7, 11) is 1.70. The molecule has 1 aromatic heterocycles. The summed E-state index contributed by atoms with van der Waals surface area (Å²) in [6.07, 6.45) is 0. The van der Waals surface area contributed by atoms with Crippen molar-refractivity contribution in [3.8, 4) is 0 Å². The molecule has 2 aromatic carbocycles. The number of halogens is 1. The van der Waals surface area contributed by atoms with E-state index < -0.39 is 0 Å². The van der Waals surface area contributed by atoms with Gasteiger partial charge in [0.1, 0.15) is 0 Å². The van der Waals surface area contributed by atoms with E-state index >= 15 is 0 Å². The molecule has 0 saturated carbocycles. The summed E-state index contributed by atoms with van der Waals surface area (Å²) in [6.45, 7) is 0.165. The van der Waals surface area contributed by atoms with Gasteiger partial charge in [0, 0.05) is 10.7 Å². The first-order valence-corrected chi connectivity index (χ1v) is 9.08. The second-order valence-corrected chi connectivity index (χ2v) is 7.23. The number of hydrogen-bond donors (Lipinski definition) is 2. The van der Waals surface area contributed by atoms with Gasteiger partial charge in [0.2, 0.25) is 11.8 Å². The molecule has 0 bridgehead atoms. The lowest BCUT2D eigenvalue weighted by atomic mass is 10.3. The number of para-hydroxylation sites is 1. The van der Waals surface area contributed by atoms with Gasteiger partial charge < -0.3 is 10.6 Å². The lowest BCUT2D eigenvalue weighted by Gasteiger charge is -2.15. The number of hydrogen-bond acceptors (Lipinski definition) is 5. The highest BCUT2D eigenvalue weighted by molar-refractivity contribution is 7.22. The van der Waals surface area contributed by atoms with Gasteiger partial charge in [-0.25, -0.2) is 4.98 Å². The molecule has 0 fully saturated rings. The van der Waals surface area contributed by atoms with Crippen LogP contribution in [0.3, 0.4) is 0 Å². The maximum Gasteiger partial charge on any atom is 0.240 e. The molecule has 1 heterocycles. The number of nitrogens with zero attached hydrogens (tertiary/aromatic N) is 2. The second kappa shape index (κ2) is 8.27. The zero-order chi connectivity index (χ0) is 18.5. The number of carbonyl (C=O) groups is 2. The number of benzene rings is 2. The van der Waals surface area contributed by atoms with Crippen LogP contribution in [-0.4, -0.2) is 41.8 Å². The van der Waals surface area contributed by atoms with Gasteiger partial charge in [-0.3, -0.25) is 14.5 Å². The van der Waals surface area contributed by atoms with E-state index in [2.05, 4.69) is 15.6 Å². The van der Waals surface area contributed by atoms with Crippen molar-refractivity contribution < 1.29 is 9.59 Å². The molecule has 0 aliphatic heterocycles. The quantitative estimate of drug-likeness (QED) is 0.678. The molecule has 3 rings (SSSR count). The minimum absolute atomic E-state index is 0.0822. The fourth-order valence-electron chi connectivity index (χ4n) is 2.40. The SMILES string of the molecule is CN(CC(=O)Nc1cccc(Cl)c1)CC(=O)Nc1nc2ccccc2s1. The van der Waals surface area contributed by atoms with E-state index in [1.807, 2.05) is 24.3 Å². The summed E-state index contributed by atoms with van der Waals surface area (Å²) in [6, 6.07) is 14.6. The van der Waals surface area contributed by atoms with Crippen LogP contribution in [0.25, 0.3) is 10.2 Å². The lowest BCUT2D eigenvalue weighted by Crippen LogP contribution is -2.36. The van der Waals surface area contributed by atoms with Crippen LogP contribution in [0.2, 0.25) is 5.02 Å². The smallest absolute Gasteiger partial charge is 0.240 e. The molecule has 134 valence electrons. The summed E-state index contributed by atoms with van der Waals surface area (Å²) in [5.74, 6) is -0.440. The minimum atomic E-state index is -0.220. The summed E-state index contributed by atoms with van der Waals surface area (Å²) in [5, 5.41) is 6.61. The fraction of sp³-hybridized carbons (Fsp3) is 0.167. The molecular weight excluding hydrogens is 372 g/mol. The Morgan fingerprint density at radius 2 is 1.81 bits per heavy atom. The van der Waals surface area contributed by atoms with E-state index in [9.17, 15) is 9.59 Å². The first-order chi connectivity index (χ1) is 12.5. The van der Waals surface area contributed by atoms with Crippen LogP contribution in [0.1, 0.15) is 0 Å². The largest absolute Gasteiger partial charge is 0.325 e. The Labute approximate surface area is 159 Å². The third-order valence-corrected chi connectivity index (χ3v) is 4.66. The molecule has 3 aromatic rings. The molecule has 0 unspecified atom stereocenters. The van der Waals surface area contributed by atoms with Gasteiger partial charge in [-0.05, 0) is 37.4 Å². The van der Waals surface area contributed by atoms with Gasteiger partial charge >= 0.3 is 0 Å². The number of likely N-dealkylation sites (N-methyl/N-ethyl adjacent to an activating group) is 1. The van der Waals surface area contributed by atoms with Crippen LogP contribution in [-0.2, 0) is 9.59 Å². The third kappa shape index (κ3) is 5.01. The van der Waals surface area contributed by atoms with Crippen molar-refractivity contribution in [2.75, 3.05) is 30.8 Å². The highest BCUT2D eigenvalue weighted by Crippen LogP contribution is 2.25. The van der Waals surface area contributed by atoms with Crippen LogP contribution < -0.4 is 10.6 Å². The third-order valence-electron chi connectivity index (χ3n) is 3.48. The van der Waals surface area contributed by atoms with Crippen LogP contribution in [0.5, 0.6) is 0 Å². The number of rotatable bonds is 6. The predicted octanol–water partition coefficient (Wildman–Crippen LogP) is 3.46. The topological polar surface area (TPSA) is 74.3 Å². The number of aromatic nitrogens is 1. The Kier molecular flexibility index (Phi) is 5.82. The molecule has 0 aliphatic rings. The highest BCUT2D eigenvalue weighted by Gasteiger charge is 2.13. The van der Waals surface area contributed by atoms with Crippen LogP contribution in [0.15, 0.2) is 48.5 Å². The second-order valence-electron chi connectivity index (χ2n) is 5.77. The number of carbonyl (C=O) groups excluding carboxylic acids is 2. The van der Waals surface area contributed by atoms with E-state index in [1.165, 1.54) is 11.3 Å². The van der Waals surface area contributed by atoms with Crippen LogP contribution in [0.4, 0.5) is 10.8 Å². The van der Waals surface area contributed by atoms with Crippen molar-refractivity contribution in [3.05, 3.63) is 53.6 Å². The predicted molar refractivity (Wildman–Crippen MR) is 106 cm³/mol. The van der Waals surface area contributed by atoms with Crippen LogP contribution in [0, 0.1) is 0 Å². The first kappa shape index (κ1) is 18.3. The number of fused-ring (bicyclic) bond motifs is 1. The number of nitrogens with one attached hydrogen (secondary N) is 2. The van der Waals surface area contributed by atoms with E-state index in [0.717, 1.165) is 10.2 Å². The molecule has 0 aliphatic carbocycles. The standard InChI is InChI=1S/C18H17ClN4O2S/c1-23(10-16(24)20-13-6-4-5-12(19)9-13)11-17(25)22-18-21-14-7-2-3-8-15(14)26-18/h2-9H,10-11H2,1H3,(H,20,24)(H,21,22,25). The van der Waals surface area contributed by atoms with Gasteiger partial charge in [0.25, 0.3) is 0 Å². The molecule has 0 saturated heterocycles. The maximum absolute atomic E-state index is 12.1. The molecule has 0 radical (unpaired) electrons. The Morgan fingerprint density at radius 1 is 1.08 bits per heavy atom. The Morgan fingerprint density at radius 3 is 2.54 bits per heavy atom. The molecule has 6 nitrogen and oxygen atoms in total. The average molecular weight is 389 g/mol. The van der Waals surface area contributed by atoms with Gasteiger partial charge in [-0.1, -0.05) is 41.1 Å². The number of anilines is 2. The van der Waals surface area contributed by atoms with Gasteiger partial charge in [0.15, 0.2) is 5.13 Å². The summed E-state index contributed by atoms with van der Waals surface area (Å²) in [4.78, 5) is 30.2. The Balaban J connectivity index is 1.49. The van der Waals surface area contributed by atoms with Crippen molar-refractivity contribution in [3.63, 3.8) is 0 Å². The molecule has 8 heteroatoms. The van der Waals surface area contributed by atoms with Crippen molar-refractivity contribution in [1.29, 1.82) is 0 Å². The van der Waals surface area contributed by atoms with Crippen molar-refractivity contribution >= 4 is 55.8 Å². The van der Waals surface area contributed by atoms with E-state index in [-0.39, 0.29) is 24.9 Å². The monoisotopic (exact) mass is 388 g/mol. The summed E-state index contributed by atoms with van der Waals surface area (Å²) < 4.78 is 1.01. The lowest BCUT2D eigenvalue weighted by molar-refractivity contribution is -0.119. The van der Waals surface area contributed by atoms with E-state index in [0.29, 0.717) is 15.8 Å². The maximum atomic E-state index is 12.1. The normalized spacial score (nSPS) is 10.9. The Hall–Kier alpha value is -2.48. The van der Waals surface area contributed by atoms with Crippen molar-refractivity contribution in [1.82, 2.24) is 9.88 Å². The molecule has 0 atom stereocenters. The molecule has 2 amide bonds. The van der Waals surface area contributed by atoms with Crippen molar-refractivity contribution in [2.45, 2.75) is 0 Å². The molecule has 0 spiro atoms. The first-order valence-electron chi connectivity index (χ1n) is 7.89.